The van der Waals surface area contributed by atoms with Crippen molar-refractivity contribution < 1.29 is 0 Å². The Morgan fingerprint density at radius 3 is 2.62 bits per heavy atom. The van der Waals surface area contributed by atoms with Crippen LogP contribution in [0.1, 0.15) is 19.3 Å². The van der Waals surface area contributed by atoms with Gasteiger partial charge >= 0.3 is 0 Å². The smallest absolute Gasteiger partial charge is 0.0198 e. The average Bonchev–Trinajstić information content (AvgIpc) is 1.81. The van der Waals surface area contributed by atoms with E-state index in [0.717, 1.165) is 12.8 Å². The van der Waals surface area contributed by atoms with Crippen LogP contribution in [0.2, 0.25) is 0 Å². The fourth-order valence-electron chi connectivity index (χ4n) is 0.354. The summed E-state index contributed by atoms with van der Waals surface area (Å²) < 4.78 is 0. The van der Waals surface area contributed by atoms with Gasteiger partial charge in [0.1, 0.15) is 0 Å². The van der Waals surface area contributed by atoms with Crippen molar-refractivity contribution in [3.63, 3.8) is 0 Å². The van der Waals surface area contributed by atoms with Gasteiger partial charge in [0.05, 0.1) is 0 Å². The molecule has 0 heteroatoms. The third kappa shape index (κ3) is 5.12. The number of rotatable bonds is 2. The van der Waals surface area contributed by atoms with Gasteiger partial charge in [-0.1, -0.05) is 5.92 Å². The molecule has 0 aromatic rings. The van der Waals surface area contributed by atoms with E-state index in [4.69, 9.17) is 6.42 Å². The number of hydrogen-bond donors (Lipinski definition) is 0. The Morgan fingerprint density at radius 1 is 1.38 bits per heavy atom. The van der Waals surface area contributed by atoms with Crippen LogP contribution in [-0.4, -0.2) is 0 Å². The van der Waals surface area contributed by atoms with Gasteiger partial charge in [0.2, 0.25) is 0 Å². The van der Waals surface area contributed by atoms with Gasteiger partial charge in [-0.05, 0) is 12.8 Å². The van der Waals surface area contributed by atoms with Crippen molar-refractivity contribution in [2.75, 3.05) is 0 Å². The molecule has 0 nitrogen and oxygen atoms in total. The molecule has 0 aliphatic carbocycles. The maximum Gasteiger partial charge on any atom is 0.0198 e. The lowest BCUT2D eigenvalue weighted by atomic mass is 10.2. The number of unbranched alkanes of at least 4 members (excludes halogenated alkanes) is 2. The van der Waals surface area contributed by atoms with Crippen LogP contribution < -0.4 is 0 Å². The first-order valence-corrected chi connectivity index (χ1v) is 2.56. The summed E-state index contributed by atoms with van der Waals surface area (Å²) in [4.78, 5) is 0. The third-order valence-corrected chi connectivity index (χ3v) is 0.729. The molecule has 8 heavy (non-hydrogen) atoms. The lowest BCUT2D eigenvalue weighted by Gasteiger charge is -1.80. The zero-order chi connectivity index (χ0) is 6.24. The molecule has 0 spiro atoms. The van der Waals surface area contributed by atoms with Crippen molar-refractivity contribution in [3.8, 4) is 17.8 Å². The predicted octanol–water partition coefficient (Wildman–Crippen LogP) is 1.58. The highest BCUT2D eigenvalue weighted by Gasteiger charge is 1.75. The highest BCUT2D eigenvalue weighted by molar-refractivity contribution is 5.01. The third-order valence-electron chi connectivity index (χ3n) is 0.729. The Labute approximate surface area is 51.3 Å². The van der Waals surface area contributed by atoms with Crippen molar-refractivity contribution in [2.24, 2.45) is 0 Å². The first kappa shape index (κ1) is 7.12. The molecule has 0 atom stereocenters. The van der Waals surface area contributed by atoms with Crippen molar-refractivity contribution in [1.82, 2.24) is 0 Å². The van der Waals surface area contributed by atoms with E-state index in [2.05, 4.69) is 24.7 Å². The van der Waals surface area contributed by atoms with Crippen molar-refractivity contribution in [1.29, 1.82) is 0 Å². The van der Waals surface area contributed by atoms with Crippen molar-refractivity contribution in [2.45, 2.75) is 19.3 Å². The van der Waals surface area contributed by atoms with E-state index in [-0.39, 0.29) is 0 Å². The summed E-state index contributed by atoms with van der Waals surface area (Å²) in [5.74, 6) is 7.62. The first-order chi connectivity index (χ1) is 3.91. The van der Waals surface area contributed by atoms with Gasteiger partial charge in [-0.2, -0.15) is 0 Å². The minimum absolute atomic E-state index is 0.717. The van der Waals surface area contributed by atoms with E-state index < -0.39 is 0 Å². The summed E-state index contributed by atoms with van der Waals surface area (Å²) >= 11 is 0. The van der Waals surface area contributed by atoms with Crippen LogP contribution >= 0.6 is 0 Å². The predicted molar refractivity (Wildman–Crippen MR) is 34.1 cm³/mol. The summed E-state index contributed by atoms with van der Waals surface area (Å²) in [6.07, 6.45) is 9.02. The molecular formula is C8H8. The quantitative estimate of drug-likeness (QED) is 0.368. The SMILES string of the molecule is [C]#CCCCC#C[CH2]. The molecule has 0 bridgehead atoms. The van der Waals surface area contributed by atoms with Gasteiger partial charge < -0.3 is 0 Å². The molecule has 0 heterocycles. The molecule has 0 aliphatic rings. The van der Waals surface area contributed by atoms with Gasteiger partial charge in [0.25, 0.3) is 0 Å². The minimum atomic E-state index is 0.717. The van der Waals surface area contributed by atoms with Gasteiger partial charge in [-0.15, -0.1) is 11.8 Å². The van der Waals surface area contributed by atoms with Crippen molar-refractivity contribution >= 4 is 0 Å². The summed E-state index contributed by atoms with van der Waals surface area (Å²) in [7, 11) is 0. The second kappa shape index (κ2) is 6.12. The summed E-state index contributed by atoms with van der Waals surface area (Å²) in [6.45, 7) is 3.35. The maximum atomic E-state index is 6.52. The molecule has 0 aliphatic heterocycles. The second-order valence-electron chi connectivity index (χ2n) is 1.38. The molecule has 2 radical (unpaired) electrons. The molecule has 0 rings (SSSR count). The van der Waals surface area contributed by atoms with Crippen molar-refractivity contribution in [3.05, 3.63) is 13.3 Å². The Balaban J connectivity index is 2.93. The lowest BCUT2D eigenvalue weighted by molar-refractivity contribution is 0.903. The Hall–Kier alpha value is -0.880. The Morgan fingerprint density at radius 2 is 2.12 bits per heavy atom. The fraction of sp³-hybridized carbons (Fsp3) is 0.375. The van der Waals surface area contributed by atoms with Crippen LogP contribution in [0.15, 0.2) is 0 Å². The molecule has 0 aromatic heterocycles. The molecule has 0 saturated carbocycles. The van der Waals surface area contributed by atoms with E-state index in [9.17, 15) is 0 Å². The standard InChI is InChI=1S/C8H8/c1-3-5-7-8-6-4-2/h1,6-8H2. The topological polar surface area (TPSA) is 0 Å². The fourth-order valence-corrected chi connectivity index (χ4v) is 0.354. The zero-order valence-electron chi connectivity index (χ0n) is 4.83. The molecule has 0 aromatic carbocycles. The van der Waals surface area contributed by atoms with Crippen LogP contribution in [-0.2, 0) is 0 Å². The second-order valence-corrected chi connectivity index (χ2v) is 1.38. The molecule has 0 N–H and O–H groups in total. The molecule has 40 valence electrons. The molecular weight excluding hydrogens is 96.1 g/mol. The van der Waals surface area contributed by atoms with E-state index in [1.165, 1.54) is 0 Å². The van der Waals surface area contributed by atoms with E-state index in [1.54, 1.807) is 0 Å². The Kier molecular flexibility index (Phi) is 5.45. The highest BCUT2D eigenvalue weighted by atomic mass is 13.8. The van der Waals surface area contributed by atoms with Crippen LogP contribution in [0.4, 0.5) is 0 Å². The largest absolute Gasteiger partial charge is 0.103 e. The van der Waals surface area contributed by atoms with Crippen LogP contribution in [0.25, 0.3) is 0 Å². The zero-order valence-corrected chi connectivity index (χ0v) is 4.83. The summed E-state index contributed by atoms with van der Waals surface area (Å²) in [6, 6.07) is 0. The van der Waals surface area contributed by atoms with Crippen LogP contribution in [0.3, 0.4) is 0 Å². The normalized spacial score (nSPS) is 6.50. The van der Waals surface area contributed by atoms with Gasteiger partial charge in [-0.3, -0.25) is 0 Å². The molecule has 0 unspecified atom stereocenters. The minimum Gasteiger partial charge on any atom is -0.103 e. The first-order valence-electron chi connectivity index (χ1n) is 2.56. The molecule has 0 fully saturated rings. The molecule has 0 amide bonds. The van der Waals surface area contributed by atoms with Gasteiger partial charge in [0, 0.05) is 19.8 Å². The lowest BCUT2D eigenvalue weighted by Crippen LogP contribution is -1.67. The summed E-state index contributed by atoms with van der Waals surface area (Å²) in [5, 5.41) is 0. The maximum absolute atomic E-state index is 6.52. The highest BCUT2D eigenvalue weighted by Crippen LogP contribution is 1.89. The summed E-state index contributed by atoms with van der Waals surface area (Å²) in [5.41, 5.74) is 0. The monoisotopic (exact) mass is 104 g/mol. The van der Waals surface area contributed by atoms with Gasteiger partial charge in [-0.25, -0.2) is 0 Å². The number of hydrogen-bond acceptors (Lipinski definition) is 0. The van der Waals surface area contributed by atoms with Crippen LogP contribution in [0, 0.1) is 31.1 Å². The van der Waals surface area contributed by atoms with E-state index in [1.807, 2.05) is 0 Å². The van der Waals surface area contributed by atoms with E-state index >= 15 is 0 Å². The Bertz CT molecular complexity index is 126. The van der Waals surface area contributed by atoms with Crippen LogP contribution in [0.5, 0.6) is 0 Å². The van der Waals surface area contributed by atoms with Gasteiger partial charge in [0.15, 0.2) is 0 Å². The average molecular weight is 104 g/mol. The van der Waals surface area contributed by atoms with E-state index in [0.29, 0.717) is 6.42 Å². The molecule has 0 saturated heterocycles.